The number of aldehydes is 1. The quantitative estimate of drug-likeness (QED) is 0.651. The molecule has 0 fully saturated rings. The van der Waals surface area contributed by atoms with Crippen LogP contribution >= 0.6 is 0 Å². The van der Waals surface area contributed by atoms with Crippen LogP contribution in [0.15, 0.2) is 42.7 Å². The van der Waals surface area contributed by atoms with Crippen molar-refractivity contribution in [3.05, 3.63) is 54.0 Å². The Morgan fingerprint density at radius 2 is 2.22 bits per heavy atom. The summed E-state index contributed by atoms with van der Waals surface area (Å²) in [5.74, 6) is 0. The maximum atomic E-state index is 10.5. The number of carbonyl (C=O) groups is 1. The van der Waals surface area contributed by atoms with Crippen molar-refractivity contribution in [2.75, 3.05) is 0 Å². The number of aromatic nitrogens is 4. The summed E-state index contributed by atoms with van der Waals surface area (Å²) in [4.78, 5) is 14.8. The first-order valence-corrected chi connectivity index (χ1v) is 5.54. The predicted molar refractivity (Wildman–Crippen MR) is 66.3 cm³/mol. The maximum Gasteiger partial charge on any atom is 0.171 e. The van der Waals surface area contributed by atoms with Gasteiger partial charge >= 0.3 is 0 Å². The van der Waals surface area contributed by atoms with Gasteiger partial charge in [0, 0.05) is 11.6 Å². The van der Waals surface area contributed by atoms with E-state index < -0.39 is 0 Å². The average Bonchev–Trinajstić information content (AvgIpc) is 2.86. The molecule has 0 spiro atoms. The van der Waals surface area contributed by atoms with Crippen LogP contribution in [-0.4, -0.2) is 26.3 Å². The van der Waals surface area contributed by atoms with Crippen molar-refractivity contribution in [1.29, 1.82) is 0 Å². The van der Waals surface area contributed by atoms with Crippen LogP contribution in [0.2, 0.25) is 0 Å². The monoisotopic (exact) mass is 238 g/mol. The van der Waals surface area contributed by atoms with Gasteiger partial charge in [-0.2, -0.15) is 0 Å². The normalized spacial score (nSPS) is 10.7. The molecule has 5 nitrogen and oxygen atoms in total. The molecule has 0 saturated heterocycles. The number of carbonyl (C=O) groups excluding carboxylic acids is 1. The lowest BCUT2D eigenvalue weighted by atomic mass is 10.1. The number of hydrogen-bond donors (Lipinski definition) is 0. The highest BCUT2D eigenvalue weighted by Gasteiger charge is 2.01. The summed E-state index contributed by atoms with van der Waals surface area (Å²) in [6, 6.07) is 9.96. The van der Waals surface area contributed by atoms with Crippen LogP contribution < -0.4 is 0 Å². The summed E-state index contributed by atoms with van der Waals surface area (Å²) in [5, 5.41) is 8.70. The van der Waals surface area contributed by atoms with Crippen molar-refractivity contribution in [3.8, 4) is 0 Å². The molecule has 0 saturated carbocycles. The third kappa shape index (κ3) is 1.98. The highest BCUT2D eigenvalue weighted by Crippen LogP contribution is 2.13. The summed E-state index contributed by atoms with van der Waals surface area (Å²) >= 11 is 0. The number of hydrogen-bond acceptors (Lipinski definition) is 4. The molecule has 0 atom stereocenters. The molecule has 0 N–H and O–H groups in total. The second kappa shape index (κ2) is 4.37. The fraction of sp³-hybridized carbons (Fsp3) is 0.0769. The standard InChI is InChI=1S/C13H10N4O/c18-9-12-8-17(16-15-12)7-10-3-4-13-11(6-10)2-1-5-14-13/h1-6,8-9H,7H2. The average molecular weight is 238 g/mol. The first-order valence-electron chi connectivity index (χ1n) is 5.54. The molecule has 0 unspecified atom stereocenters. The number of benzene rings is 1. The fourth-order valence-electron chi connectivity index (χ4n) is 1.86. The lowest BCUT2D eigenvalue weighted by Gasteiger charge is -2.02. The van der Waals surface area contributed by atoms with Crippen LogP contribution in [0.5, 0.6) is 0 Å². The van der Waals surface area contributed by atoms with Gasteiger partial charge < -0.3 is 0 Å². The van der Waals surface area contributed by atoms with E-state index in [1.807, 2.05) is 24.3 Å². The Labute approximate surface area is 103 Å². The Hall–Kier alpha value is -2.56. The van der Waals surface area contributed by atoms with Crippen molar-refractivity contribution in [1.82, 2.24) is 20.0 Å². The van der Waals surface area contributed by atoms with Crippen LogP contribution in [0.4, 0.5) is 0 Å². The van der Waals surface area contributed by atoms with E-state index in [9.17, 15) is 4.79 Å². The third-order valence-corrected chi connectivity index (χ3v) is 2.69. The van der Waals surface area contributed by atoms with Gasteiger partial charge in [0.25, 0.3) is 0 Å². The first-order chi connectivity index (χ1) is 8.85. The Morgan fingerprint density at radius 3 is 3.06 bits per heavy atom. The zero-order valence-electron chi connectivity index (χ0n) is 9.52. The van der Waals surface area contributed by atoms with E-state index in [1.165, 1.54) is 0 Å². The van der Waals surface area contributed by atoms with Gasteiger partial charge in [-0.05, 0) is 23.8 Å². The minimum Gasteiger partial charge on any atom is -0.296 e. The van der Waals surface area contributed by atoms with Crippen molar-refractivity contribution in [2.24, 2.45) is 0 Å². The highest BCUT2D eigenvalue weighted by molar-refractivity contribution is 5.78. The maximum absolute atomic E-state index is 10.5. The van der Waals surface area contributed by atoms with Crippen molar-refractivity contribution < 1.29 is 4.79 Å². The van der Waals surface area contributed by atoms with E-state index in [4.69, 9.17) is 0 Å². The molecular formula is C13H10N4O. The first kappa shape index (κ1) is 10.6. The summed E-state index contributed by atoms with van der Waals surface area (Å²) in [5.41, 5.74) is 2.41. The van der Waals surface area contributed by atoms with Crippen LogP contribution in [0.3, 0.4) is 0 Å². The van der Waals surface area contributed by atoms with Gasteiger partial charge in [0.15, 0.2) is 6.29 Å². The van der Waals surface area contributed by atoms with Gasteiger partial charge in [-0.25, -0.2) is 4.68 Å². The summed E-state index contributed by atoms with van der Waals surface area (Å²) in [6.45, 7) is 0.589. The molecule has 0 aliphatic rings. The van der Waals surface area contributed by atoms with Gasteiger partial charge in [-0.3, -0.25) is 9.78 Å². The van der Waals surface area contributed by atoms with E-state index in [-0.39, 0.29) is 0 Å². The van der Waals surface area contributed by atoms with Gasteiger partial charge in [0.2, 0.25) is 0 Å². The van der Waals surface area contributed by atoms with Crippen LogP contribution in [0.25, 0.3) is 10.9 Å². The Bertz CT molecular complexity index is 705. The summed E-state index contributed by atoms with van der Waals surface area (Å²) in [7, 11) is 0. The minimum absolute atomic E-state index is 0.345. The van der Waals surface area contributed by atoms with Gasteiger partial charge in [-0.15, -0.1) is 5.10 Å². The lowest BCUT2D eigenvalue weighted by molar-refractivity contribution is 0.111. The molecule has 3 aromatic rings. The molecule has 3 rings (SSSR count). The minimum atomic E-state index is 0.345. The molecule has 2 aromatic heterocycles. The fourth-order valence-corrected chi connectivity index (χ4v) is 1.86. The molecule has 5 heteroatoms. The van der Waals surface area contributed by atoms with Crippen molar-refractivity contribution in [2.45, 2.75) is 6.54 Å². The smallest absolute Gasteiger partial charge is 0.171 e. The van der Waals surface area contributed by atoms with E-state index in [0.29, 0.717) is 18.5 Å². The predicted octanol–water partition coefficient (Wildman–Crippen LogP) is 1.69. The van der Waals surface area contributed by atoms with Crippen molar-refractivity contribution in [3.63, 3.8) is 0 Å². The molecular weight excluding hydrogens is 228 g/mol. The Morgan fingerprint density at radius 1 is 1.28 bits per heavy atom. The van der Waals surface area contributed by atoms with Crippen LogP contribution in [0.1, 0.15) is 16.1 Å². The largest absolute Gasteiger partial charge is 0.296 e. The van der Waals surface area contributed by atoms with E-state index in [2.05, 4.69) is 21.4 Å². The molecule has 0 amide bonds. The molecule has 88 valence electrons. The second-order valence-corrected chi connectivity index (χ2v) is 3.99. The zero-order valence-corrected chi connectivity index (χ0v) is 9.52. The summed E-state index contributed by atoms with van der Waals surface area (Å²) < 4.78 is 1.64. The summed E-state index contributed by atoms with van der Waals surface area (Å²) in [6.07, 6.45) is 4.09. The van der Waals surface area contributed by atoms with Crippen molar-refractivity contribution >= 4 is 17.2 Å². The Kier molecular flexibility index (Phi) is 2.57. The van der Waals surface area contributed by atoms with Crippen LogP contribution in [-0.2, 0) is 6.54 Å². The van der Waals surface area contributed by atoms with E-state index >= 15 is 0 Å². The van der Waals surface area contributed by atoms with E-state index in [1.54, 1.807) is 17.1 Å². The third-order valence-electron chi connectivity index (χ3n) is 2.69. The topological polar surface area (TPSA) is 60.7 Å². The molecule has 0 aliphatic heterocycles. The van der Waals surface area contributed by atoms with Gasteiger partial charge in [-0.1, -0.05) is 17.3 Å². The van der Waals surface area contributed by atoms with E-state index in [0.717, 1.165) is 16.5 Å². The Balaban J connectivity index is 1.92. The molecule has 1 aromatic carbocycles. The number of rotatable bonds is 3. The van der Waals surface area contributed by atoms with Gasteiger partial charge in [0.1, 0.15) is 5.69 Å². The number of fused-ring (bicyclic) bond motifs is 1. The zero-order chi connectivity index (χ0) is 12.4. The molecule has 0 aliphatic carbocycles. The molecule has 18 heavy (non-hydrogen) atoms. The lowest BCUT2D eigenvalue weighted by Crippen LogP contribution is -2.00. The molecule has 0 radical (unpaired) electrons. The SMILES string of the molecule is O=Cc1cn(Cc2ccc3ncccc3c2)nn1. The number of nitrogens with zero attached hydrogens (tertiary/aromatic N) is 4. The van der Waals surface area contributed by atoms with Gasteiger partial charge in [0.05, 0.1) is 18.3 Å². The highest BCUT2D eigenvalue weighted by atomic mass is 16.1. The second-order valence-electron chi connectivity index (χ2n) is 3.99. The van der Waals surface area contributed by atoms with Crippen LogP contribution in [0, 0.1) is 0 Å². The number of pyridine rings is 1. The molecule has 2 heterocycles. The molecule has 0 bridgehead atoms.